The molecule has 1 fully saturated rings. The Bertz CT molecular complexity index is 553. The Morgan fingerprint density at radius 1 is 1.24 bits per heavy atom. The van der Waals surface area contributed by atoms with Crippen molar-refractivity contribution in [3.63, 3.8) is 0 Å². The van der Waals surface area contributed by atoms with Crippen molar-refractivity contribution < 1.29 is 18.0 Å². The lowest BCUT2D eigenvalue weighted by molar-refractivity contribution is -0.137. The number of hydrogen-bond acceptors (Lipinski definition) is 2. The van der Waals surface area contributed by atoms with Crippen molar-refractivity contribution in [2.24, 2.45) is 5.92 Å². The zero-order valence-corrected chi connectivity index (χ0v) is 11.5. The molecule has 0 amide bonds. The first kappa shape index (κ1) is 15.6. The molecule has 5 heteroatoms. The van der Waals surface area contributed by atoms with Crippen molar-refractivity contribution >= 4 is 5.78 Å². The van der Waals surface area contributed by atoms with Crippen molar-refractivity contribution in [2.45, 2.75) is 44.2 Å². The van der Waals surface area contributed by atoms with Crippen LogP contribution in [0.5, 0.6) is 0 Å². The topological polar surface area (TPSA) is 40.9 Å². The van der Waals surface area contributed by atoms with Gasteiger partial charge in [0.2, 0.25) is 0 Å². The highest BCUT2D eigenvalue weighted by atomic mass is 19.4. The summed E-state index contributed by atoms with van der Waals surface area (Å²) < 4.78 is 38.2. The predicted octanol–water partition coefficient (Wildman–Crippen LogP) is 4.46. The Balaban J connectivity index is 2.25. The number of alkyl halides is 3. The quantitative estimate of drug-likeness (QED) is 0.826. The maximum absolute atomic E-state index is 12.7. The molecule has 1 aliphatic carbocycles. The molecule has 112 valence electrons. The van der Waals surface area contributed by atoms with Gasteiger partial charge in [0, 0.05) is 5.92 Å². The van der Waals surface area contributed by atoms with Gasteiger partial charge in [0.15, 0.2) is 5.78 Å². The van der Waals surface area contributed by atoms with Crippen LogP contribution < -0.4 is 0 Å². The summed E-state index contributed by atoms with van der Waals surface area (Å²) in [5.74, 6) is -1.54. The monoisotopic (exact) mass is 295 g/mol. The van der Waals surface area contributed by atoms with Crippen molar-refractivity contribution in [1.29, 1.82) is 5.26 Å². The first-order chi connectivity index (χ1) is 9.93. The number of benzene rings is 1. The SMILES string of the molecule is N#CC(C(=O)C1CCCCC1)c1cccc(C(F)(F)F)c1. The number of ketones is 1. The van der Waals surface area contributed by atoms with E-state index in [4.69, 9.17) is 0 Å². The lowest BCUT2D eigenvalue weighted by Crippen LogP contribution is -2.23. The van der Waals surface area contributed by atoms with E-state index in [0.29, 0.717) is 0 Å². The number of carbonyl (C=O) groups excluding carboxylic acids is 1. The van der Waals surface area contributed by atoms with Crippen LogP contribution >= 0.6 is 0 Å². The predicted molar refractivity (Wildman–Crippen MR) is 71.4 cm³/mol. The van der Waals surface area contributed by atoms with Crippen LogP contribution in [0.1, 0.15) is 49.1 Å². The molecule has 1 aromatic carbocycles. The minimum Gasteiger partial charge on any atom is -0.298 e. The summed E-state index contributed by atoms with van der Waals surface area (Å²) in [6, 6.07) is 6.40. The van der Waals surface area contributed by atoms with Crippen LogP contribution in [0, 0.1) is 17.2 Å². The van der Waals surface area contributed by atoms with Crippen molar-refractivity contribution in [1.82, 2.24) is 0 Å². The molecule has 1 aromatic rings. The van der Waals surface area contributed by atoms with Crippen LogP contribution in [-0.2, 0) is 11.0 Å². The molecule has 21 heavy (non-hydrogen) atoms. The number of nitriles is 1. The maximum Gasteiger partial charge on any atom is 0.416 e. The van der Waals surface area contributed by atoms with Gasteiger partial charge in [-0.15, -0.1) is 0 Å². The maximum atomic E-state index is 12.7. The van der Waals surface area contributed by atoms with Gasteiger partial charge in [0.25, 0.3) is 0 Å². The van der Waals surface area contributed by atoms with Gasteiger partial charge < -0.3 is 0 Å². The van der Waals surface area contributed by atoms with Crippen LogP contribution in [0.15, 0.2) is 24.3 Å². The molecule has 1 aliphatic rings. The average Bonchev–Trinajstić information content (AvgIpc) is 2.48. The summed E-state index contributed by atoms with van der Waals surface area (Å²) in [7, 11) is 0. The summed E-state index contributed by atoms with van der Waals surface area (Å²) in [5.41, 5.74) is -0.681. The highest BCUT2D eigenvalue weighted by Gasteiger charge is 2.33. The van der Waals surface area contributed by atoms with E-state index in [1.165, 1.54) is 12.1 Å². The second kappa shape index (κ2) is 6.30. The molecule has 0 aromatic heterocycles. The Morgan fingerprint density at radius 2 is 1.90 bits per heavy atom. The first-order valence-electron chi connectivity index (χ1n) is 7.04. The van der Waals surface area contributed by atoms with Crippen LogP contribution in [0.3, 0.4) is 0 Å². The highest BCUT2D eigenvalue weighted by Crippen LogP contribution is 2.33. The summed E-state index contributed by atoms with van der Waals surface area (Å²) in [6.45, 7) is 0. The zero-order chi connectivity index (χ0) is 15.5. The van der Waals surface area contributed by atoms with E-state index >= 15 is 0 Å². The van der Waals surface area contributed by atoms with Gasteiger partial charge in [-0.3, -0.25) is 4.79 Å². The number of Topliss-reactive ketones (excluding diaryl/α,β-unsaturated/α-hetero) is 1. The van der Waals surface area contributed by atoms with Gasteiger partial charge in [-0.2, -0.15) is 18.4 Å². The van der Waals surface area contributed by atoms with Gasteiger partial charge >= 0.3 is 6.18 Å². The number of carbonyl (C=O) groups is 1. The highest BCUT2D eigenvalue weighted by molar-refractivity contribution is 5.90. The van der Waals surface area contributed by atoms with E-state index < -0.39 is 17.7 Å². The Morgan fingerprint density at radius 3 is 2.48 bits per heavy atom. The minimum absolute atomic E-state index is 0.142. The largest absolute Gasteiger partial charge is 0.416 e. The fourth-order valence-electron chi connectivity index (χ4n) is 2.82. The molecule has 2 rings (SSSR count). The van der Waals surface area contributed by atoms with Crippen LogP contribution in [-0.4, -0.2) is 5.78 Å². The molecule has 2 nitrogen and oxygen atoms in total. The summed E-state index contributed by atoms with van der Waals surface area (Å²) >= 11 is 0. The summed E-state index contributed by atoms with van der Waals surface area (Å²) in [4.78, 5) is 12.4. The number of hydrogen-bond donors (Lipinski definition) is 0. The van der Waals surface area contributed by atoms with E-state index in [-0.39, 0.29) is 17.3 Å². The lowest BCUT2D eigenvalue weighted by Gasteiger charge is -2.22. The molecule has 1 saturated carbocycles. The van der Waals surface area contributed by atoms with Crippen LogP contribution in [0.25, 0.3) is 0 Å². The lowest BCUT2D eigenvalue weighted by atomic mass is 9.80. The zero-order valence-electron chi connectivity index (χ0n) is 11.5. The smallest absolute Gasteiger partial charge is 0.298 e. The van der Waals surface area contributed by atoms with Gasteiger partial charge in [-0.05, 0) is 24.5 Å². The van der Waals surface area contributed by atoms with E-state index in [1.807, 2.05) is 6.07 Å². The molecular weight excluding hydrogens is 279 g/mol. The second-order valence-electron chi connectivity index (χ2n) is 5.42. The first-order valence-corrected chi connectivity index (χ1v) is 7.04. The molecule has 0 heterocycles. The second-order valence-corrected chi connectivity index (χ2v) is 5.42. The molecule has 0 radical (unpaired) electrons. The molecule has 0 bridgehead atoms. The van der Waals surface area contributed by atoms with Crippen molar-refractivity contribution in [3.05, 3.63) is 35.4 Å². The third-order valence-corrected chi connectivity index (χ3v) is 3.97. The molecule has 0 N–H and O–H groups in total. The van der Waals surface area contributed by atoms with Gasteiger partial charge in [-0.25, -0.2) is 0 Å². The van der Waals surface area contributed by atoms with E-state index in [1.54, 1.807) is 0 Å². The fraction of sp³-hybridized carbons (Fsp3) is 0.500. The van der Waals surface area contributed by atoms with Crippen LogP contribution in [0.4, 0.5) is 13.2 Å². The van der Waals surface area contributed by atoms with Crippen molar-refractivity contribution in [3.8, 4) is 6.07 Å². The number of nitrogens with zero attached hydrogens (tertiary/aromatic N) is 1. The Labute approximate surface area is 121 Å². The third kappa shape index (κ3) is 3.63. The van der Waals surface area contributed by atoms with E-state index in [0.717, 1.165) is 44.2 Å². The molecule has 1 unspecified atom stereocenters. The van der Waals surface area contributed by atoms with E-state index in [9.17, 15) is 23.2 Å². The normalized spacial score (nSPS) is 18.0. The number of halogens is 3. The minimum atomic E-state index is -4.47. The van der Waals surface area contributed by atoms with Gasteiger partial charge in [0.05, 0.1) is 11.6 Å². The molecule has 0 saturated heterocycles. The molecular formula is C16H16F3NO. The summed E-state index contributed by atoms with van der Waals surface area (Å²) in [6.07, 6.45) is -0.0469. The Kier molecular flexibility index (Phi) is 4.66. The third-order valence-electron chi connectivity index (χ3n) is 3.97. The van der Waals surface area contributed by atoms with E-state index in [2.05, 4.69) is 0 Å². The average molecular weight is 295 g/mol. The van der Waals surface area contributed by atoms with Crippen molar-refractivity contribution in [2.75, 3.05) is 0 Å². The molecule has 1 atom stereocenters. The standard InChI is InChI=1S/C16H16F3NO/c17-16(18,19)13-8-4-7-12(9-13)14(10-20)15(21)11-5-2-1-3-6-11/h4,7-9,11,14H,1-3,5-6H2. The fourth-order valence-corrected chi connectivity index (χ4v) is 2.82. The molecule has 0 aliphatic heterocycles. The van der Waals surface area contributed by atoms with Gasteiger partial charge in [-0.1, -0.05) is 37.5 Å². The van der Waals surface area contributed by atoms with Crippen LogP contribution in [0.2, 0.25) is 0 Å². The Hall–Kier alpha value is -1.83. The number of rotatable bonds is 3. The molecule has 0 spiro atoms. The summed E-state index contributed by atoms with van der Waals surface area (Å²) in [5, 5.41) is 9.22. The van der Waals surface area contributed by atoms with Gasteiger partial charge in [0.1, 0.15) is 5.92 Å².